The first-order valence-corrected chi connectivity index (χ1v) is 7.28. The number of anilines is 1. The minimum atomic E-state index is -0.410. The molecule has 0 spiro atoms. The predicted octanol–water partition coefficient (Wildman–Crippen LogP) is 2.20. The van der Waals surface area contributed by atoms with Gasteiger partial charge in [-0.15, -0.1) is 0 Å². The Morgan fingerprint density at radius 1 is 1.09 bits per heavy atom. The molecule has 0 saturated carbocycles. The SMILES string of the molecule is CC.Cc1c(N(C)Cc2nccc3cnccc23)c(=O)c1=O. The second-order valence-electron chi connectivity index (χ2n) is 4.84. The highest BCUT2D eigenvalue weighted by molar-refractivity contribution is 5.83. The van der Waals surface area contributed by atoms with E-state index in [2.05, 4.69) is 9.97 Å². The highest BCUT2D eigenvalue weighted by Crippen LogP contribution is 2.19. The highest BCUT2D eigenvalue weighted by atomic mass is 16.2. The van der Waals surface area contributed by atoms with Crippen molar-refractivity contribution in [2.24, 2.45) is 0 Å². The summed E-state index contributed by atoms with van der Waals surface area (Å²) in [5, 5.41) is 2.01. The van der Waals surface area contributed by atoms with Crippen LogP contribution in [0.4, 0.5) is 5.69 Å². The summed E-state index contributed by atoms with van der Waals surface area (Å²) in [4.78, 5) is 33.1. The number of fused-ring (bicyclic) bond motifs is 1. The smallest absolute Gasteiger partial charge is 0.249 e. The third-order valence-electron chi connectivity index (χ3n) is 3.53. The van der Waals surface area contributed by atoms with Crippen LogP contribution in [0, 0.1) is 6.92 Å². The molecule has 0 saturated heterocycles. The largest absolute Gasteiger partial charge is 0.365 e. The first kappa shape index (κ1) is 15.8. The zero-order valence-corrected chi connectivity index (χ0v) is 13.3. The minimum absolute atomic E-state index is 0.387. The summed E-state index contributed by atoms with van der Waals surface area (Å²) in [7, 11) is 1.80. The number of pyridine rings is 2. The van der Waals surface area contributed by atoms with Gasteiger partial charge in [0.2, 0.25) is 10.9 Å². The molecule has 0 bridgehead atoms. The van der Waals surface area contributed by atoms with E-state index in [4.69, 9.17) is 0 Å². The predicted molar refractivity (Wildman–Crippen MR) is 89.1 cm³/mol. The molecule has 0 atom stereocenters. The molecule has 0 amide bonds. The number of hydrogen-bond donors (Lipinski definition) is 0. The molecular weight excluding hydrogens is 278 g/mol. The Hall–Kier alpha value is -2.56. The van der Waals surface area contributed by atoms with Gasteiger partial charge in [-0.3, -0.25) is 19.6 Å². The first-order chi connectivity index (χ1) is 10.6. The van der Waals surface area contributed by atoms with E-state index in [9.17, 15) is 9.59 Å². The Morgan fingerprint density at radius 2 is 1.82 bits per heavy atom. The third kappa shape index (κ3) is 2.62. The molecule has 5 heteroatoms. The van der Waals surface area contributed by atoms with Gasteiger partial charge < -0.3 is 4.90 Å². The van der Waals surface area contributed by atoms with Crippen LogP contribution in [0.3, 0.4) is 0 Å². The van der Waals surface area contributed by atoms with E-state index >= 15 is 0 Å². The lowest BCUT2D eigenvalue weighted by Gasteiger charge is -2.22. The van der Waals surface area contributed by atoms with Gasteiger partial charge in [0.05, 0.1) is 17.9 Å². The van der Waals surface area contributed by atoms with Crippen LogP contribution in [0.2, 0.25) is 0 Å². The van der Waals surface area contributed by atoms with Crippen LogP contribution in [0.15, 0.2) is 40.3 Å². The molecule has 3 aromatic rings. The maximum Gasteiger partial charge on any atom is 0.249 e. The van der Waals surface area contributed by atoms with Gasteiger partial charge in [0.25, 0.3) is 0 Å². The Labute approximate surface area is 129 Å². The Morgan fingerprint density at radius 3 is 2.50 bits per heavy atom. The minimum Gasteiger partial charge on any atom is -0.365 e. The van der Waals surface area contributed by atoms with Crippen LogP contribution in [0.25, 0.3) is 10.8 Å². The van der Waals surface area contributed by atoms with Crippen LogP contribution >= 0.6 is 0 Å². The van der Waals surface area contributed by atoms with Crippen LogP contribution in [-0.4, -0.2) is 17.0 Å². The van der Waals surface area contributed by atoms with Gasteiger partial charge in [-0.2, -0.15) is 0 Å². The molecule has 0 aliphatic heterocycles. The maximum atomic E-state index is 11.6. The molecule has 0 unspecified atom stereocenters. The van der Waals surface area contributed by atoms with Gasteiger partial charge in [0.15, 0.2) is 0 Å². The van der Waals surface area contributed by atoms with Crippen molar-refractivity contribution in [3.05, 3.63) is 62.4 Å². The second-order valence-corrected chi connectivity index (χ2v) is 4.84. The van der Waals surface area contributed by atoms with Gasteiger partial charge in [0, 0.05) is 42.0 Å². The van der Waals surface area contributed by atoms with E-state index in [-0.39, 0.29) is 5.43 Å². The van der Waals surface area contributed by atoms with Crippen molar-refractivity contribution in [3.63, 3.8) is 0 Å². The van der Waals surface area contributed by atoms with E-state index in [0.29, 0.717) is 17.8 Å². The first-order valence-electron chi connectivity index (χ1n) is 7.28. The van der Waals surface area contributed by atoms with E-state index in [0.717, 1.165) is 16.5 Å². The average molecular weight is 297 g/mol. The zero-order chi connectivity index (χ0) is 16.3. The maximum absolute atomic E-state index is 11.6. The normalized spacial score (nSPS) is 10.4. The fourth-order valence-corrected chi connectivity index (χ4v) is 2.46. The molecule has 0 aliphatic carbocycles. The number of nitrogens with zero attached hydrogens (tertiary/aromatic N) is 3. The molecule has 2 aromatic heterocycles. The summed E-state index contributed by atoms with van der Waals surface area (Å²) in [6, 6.07) is 3.80. The molecular formula is C17H19N3O2. The van der Waals surface area contributed by atoms with Crippen molar-refractivity contribution < 1.29 is 0 Å². The average Bonchev–Trinajstić information content (AvgIpc) is 2.57. The van der Waals surface area contributed by atoms with Gasteiger partial charge in [-0.05, 0) is 19.1 Å². The second kappa shape index (κ2) is 6.47. The van der Waals surface area contributed by atoms with Crippen LogP contribution in [0.1, 0.15) is 25.1 Å². The van der Waals surface area contributed by atoms with Crippen molar-refractivity contribution in [3.8, 4) is 0 Å². The van der Waals surface area contributed by atoms with E-state index in [1.54, 1.807) is 37.5 Å². The van der Waals surface area contributed by atoms with E-state index in [1.807, 2.05) is 26.0 Å². The van der Waals surface area contributed by atoms with Gasteiger partial charge in [-0.1, -0.05) is 13.8 Å². The molecule has 1 aromatic carbocycles. The standard InChI is InChI=1S/C15H13N3O2.C2H6/c1-9-13(15(20)14(9)19)18(2)8-12-11-4-5-16-7-10(11)3-6-17-12;1-2/h3-7H,8H2,1-2H3;1-2H3. The monoisotopic (exact) mass is 297 g/mol. The molecule has 0 fully saturated rings. The van der Waals surface area contributed by atoms with Crippen LogP contribution in [-0.2, 0) is 6.54 Å². The molecule has 22 heavy (non-hydrogen) atoms. The van der Waals surface area contributed by atoms with Gasteiger partial charge >= 0.3 is 0 Å². The summed E-state index contributed by atoms with van der Waals surface area (Å²) in [6.45, 7) is 6.16. The fourth-order valence-electron chi connectivity index (χ4n) is 2.46. The van der Waals surface area contributed by atoms with Crippen molar-refractivity contribution in [2.75, 3.05) is 11.9 Å². The lowest BCUT2D eigenvalue weighted by Crippen LogP contribution is -2.40. The molecule has 5 nitrogen and oxygen atoms in total. The van der Waals surface area contributed by atoms with Crippen LogP contribution < -0.4 is 15.8 Å². The van der Waals surface area contributed by atoms with Crippen LogP contribution in [0.5, 0.6) is 0 Å². The fraction of sp³-hybridized carbons (Fsp3) is 0.294. The van der Waals surface area contributed by atoms with Gasteiger partial charge in [-0.25, -0.2) is 0 Å². The Balaban J connectivity index is 0.000000847. The number of hydrogen-bond acceptors (Lipinski definition) is 5. The summed E-state index contributed by atoms with van der Waals surface area (Å²) >= 11 is 0. The molecule has 3 rings (SSSR count). The summed E-state index contributed by atoms with van der Waals surface area (Å²) in [5.41, 5.74) is 1.08. The van der Waals surface area contributed by atoms with Crippen molar-refractivity contribution >= 4 is 16.5 Å². The lowest BCUT2D eigenvalue weighted by molar-refractivity contribution is 0.875. The van der Waals surface area contributed by atoms with Crippen molar-refractivity contribution in [2.45, 2.75) is 27.3 Å². The molecule has 0 radical (unpaired) electrons. The third-order valence-corrected chi connectivity index (χ3v) is 3.53. The number of aromatic nitrogens is 2. The highest BCUT2D eigenvalue weighted by Gasteiger charge is 2.20. The molecule has 0 N–H and O–H groups in total. The summed E-state index contributed by atoms with van der Waals surface area (Å²) < 4.78 is 0. The zero-order valence-electron chi connectivity index (χ0n) is 13.3. The van der Waals surface area contributed by atoms with Crippen molar-refractivity contribution in [1.29, 1.82) is 0 Å². The quantitative estimate of drug-likeness (QED) is 0.693. The summed E-state index contributed by atoms with van der Waals surface area (Å²) in [6.07, 6.45) is 5.22. The number of rotatable bonds is 3. The molecule has 0 aliphatic rings. The van der Waals surface area contributed by atoms with Gasteiger partial charge in [0.1, 0.15) is 0 Å². The topological polar surface area (TPSA) is 63.2 Å². The van der Waals surface area contributed by atoms with Crippen molar-refractivity contribution in [1.82, 2.24) is 9.97 Å². The molecule has 2 heterocycles. The Bertz CT molecular complexity index is 859. The lowest BCUT2D eigenvalue weighted by atomic mass is 10.1. The molecule has 114 valence electrons. The Kier molecular flexibility index (Phi) is 4.65. The van der Waals surface area contributed by atoms with E-state index < -0.39 is 5.43 Å². The summed E-state index contributed by atoms with van der Waals surface area (Å²) in [5.74, 6) is 0. The van der Waals surface area contributed by atoms with E-state index in [1.165, 1.54) is 0 Å².